The third kappa shape index (κ3) is 6.93. The smallest absolute Gasteiger partial charge is 0.338 e. The van der Waals surface area contributed by atoms with Gasteiger partial charge < -0.3 is 14.2 Å². The Morgan fingerprint density at radius 1 is 0.944 bits per heavy atom. The van der Waals surface area contributed by atoms with Crippen molar-refractivity contribution in [3.8, 4) is 0 Å². The van der Waals surface area contributed by atoms with E-state index < -0.39 is 0 Å². The standard InChI is InChI=1S/C13H17IO4/c14-6-7-16-8-9-17-10-11-18-13(15)12-4-2-1-3-5-12/h1-5H,6-11H2. The van der Waals surface area contributed by atoms with Crippen LogP contribution in [0, 0.1) is 0 Å². The molecule has 0 radical (unpaired) electrons. The van der Waals surface area contributed by atoms with Crippen LogP contribution in [0.15, 0.2) is 30.3 Å². The van der Waals surface area contributed by atoms with Gasteiger partial charge in [-0.2, -0.15) is 0 Å². The van der Waals surface area contributed by atoms with Crippen LogP contribution in [0.3, 0.4) is 0 Å². The number of esters is 1. The van der Waals surface area contributed by atoms with Crippen LogP contribution in [0.1, 0.15) is 10.4 Å². The van der Waals surface area contributed by atoms with E-state index in [1.165, 1.54) is 0 Å². The van der Waals surface area contributed by atoms with Gasteiger partial charge in [-0.3, -0.25) is 0 Å². The fraction of sp³-hybridized carbons (Fsp3) is 0.462. The summed E-state index contributed by atoms with van der Waals surface area (Å²) < 4.78 is 16.5. The van der Waals surface area contributed by atoms with Crippen LogP contribution in [-0.4, -0.2) is 43.4 Å². The van der Waals surface area contributed by atoms with Gasteiger partial charge in [0, 0.05) is 4.43 Å². The molecule has 0 aliphatic heterocycles. The fourth-order valence-corrected chi connectivity index (χ4v) is 1.54. The number of alkyl halides is 1. The number of benzene rings is 1. The van der Waals surface area contributed by atoms with Crippen LogP contribution >= 0.6 is 22.6 Å². The second-order valence-electron chi connectivity index (χ2n) is 3.42. The van der Waals surface area contributed by atoms with E-state index in [1.54, 1.807) is 24.3 Å². The molecule has 0 heterocycles. The maximum absolute atomic E-state index is 11.5. The number of carbonyl (C=O) groups is 1. The van der Waals surface area contributed by atoms with Crippen molar-refractivity contribution in [2.45, 2.75) is 0 Å². The Bertz CT molecular complexity index is 329. The molecular formula is C13H17IO4. The van der Waals surface area contributed by atoms with E-state index in [0.717, 1.165) is 11.0 Å². The van der Waals surface area contributed by atoms with Crippen LogP contribution < -0.4 is 0 Å². The van der Waals surface area contributed by atoms with Crippen molar-refractivity contribution >= 4 is 28.6 Å². The number of carbonyl (C=O) groups excluding carboxylic acids is 1. The zero-order valence-corrected chi connectivity index (χ0v) is 12.3. The van der Waals surface area contributed by atoms with Crippen molar-refractivity contribution in [2.75, 3.05) is 37.5 Å². The number of hydrogen-bond acceptors (Lipinski definition) is 4. The highest BCUT2D eigenvalue weighted by molar-refractivity contribution is 14.1. The molecule has 0 aliphatic carbocycles. The zero-order valence-electron chi connectivity index (χ0n) is 10.1. The Hall–Kier alpha value is -0.660. The van der Waals surface area contributed by atoms with Crippen molar-refractivity contribution in [1.29, 1.82) is 0 Å². The molecule has 1 aromatic carbocycles. The van der Waals surface area contributed by atoms with Gasteiger partial charge in [0.25, 0.3) is 0 Å². The van der Waals surface area contributed by atoms with Crippen molar-refractivity contribution in [3.05, 3.63) is 35.9 Å². The minimum absolute atomic E-state index is 0.264. The first-order valence-electron chi connectivity index (χ1n) is 5.78. The Morgan fingerprint density at radius 3 is 2.22 bits per heavy atom. The molecule has 4 nitrogen and oxygen atoms in total. The summed E-state index contributed by atoms with van der Waals surface area (Å²) in [6.07, 6.45) is 0. The summed E-state index contributed by atoms with van der Waals surface area (Å²) in [4.78, 5) is 11.5. The molecule has 0 aromatic heterocycles. The first-order chi connectivity index (χ1) is 8.84. The molecule has 0 fully saturated rings. The Kier molecular flexibility index (Phi) is 8.79. The lowest BCUT2D eigenvalue weighted by Crippen LogP contribution is -2.13. The lowest BCUT2D eigenvalue weighted by Gasteiger charge is -2.06. The number of halogens is 1. The number of hydrogen-bond donors (Lipinski definition) is 0. The molecule has 0 spiro atoms. The highest BCUT2D eigenvalue weighted by atomic mass is 127. The average molecular weight is 364 g/mol. The Morgan fingerprint density at radius 2 is 1.56 bits per heavy atom. The Balaban J connectivity index is 2.00. The van der Waals surface area contributed by atoms with Crippen LogP contribution in [0.2, 0.25) is 0 Å². The molecule has 0 N–H and O–H groups in total. The average Bonchev–Trinajstić information content (AvgIpc) is 2.42. The normalized spacial score (nSPS) is 10.3. The van der Waals surface area contributed by atoms with Crippen molar-refractivity contribution < 1.29 is 19.0 Å². The summed E-state index contributed by atoms with van der Waals surface area (Å²) in [5.41, 5.74) is 0.558. The molecule has 5 heteroatoms. The molecule has 1 aromatic rings. The van der Waals surface area contributed by atoms with E-state index in [-0.39, 0.29) is 12.6 Å². The largest absolute Gasteiger partial charge is 0.460 e. The predicted octanol–water partition coefficient (Wildman–Crippen LogP) is 2.31. The quantitative estimate of drug-likeness (QED) is 0.292. The fourth-order valence-electron chi connectivity index (χ4n) is 1.23. The van der Waals surface area contributed by atoms with Crippen LogP contribution in [-0.2, 0) is 14.2 Å². The SMILES string of the molecule is O=C(OCCOCCOCCI)c1ccccc1. The van der Waals surface area contributed by atoms with Crippen LogP contribution in [0.4, 0.5) is 0 Å². The third-order valence-electron chi connectivity index (χ3n) is 2.06. The number of ether oxygens (including phenoxy) is 3. The van der Waals surface area contributed by atoms with Gasteiger partial charge in [0.1, 0.15) is 6.61 Å². The van der Waals surface area contributed by atoms with Crippen LogP contribution in [0.25, 0.3) is 0 Å². The van der Waals surface area contributed by atoms with E-state index in [4.69, 9.17) is 14.2 Å². The summed E-state index contributed by atoms with van der Waals surface area (Å²) in [5, 5.41) is 0. The molecular weight excluding hydrogens is 347 g/mol. The highest BCUT2D eigenvalue weighted by Crippen LogP contribution is 2.00. The summed E-state index contributed by atoms with van der Waals surface area (Å²) in [7, 11) is 0. The lowest BCUT2D eigenvalue weighted by molar-refractivity contribution is 0.0169. The maximum Gasteiger partial charge on any atom is 0.338 e. The molecule has 100 valence electrons. The molecule has 0 saturated heterocycles. The van der Waals surface area contributed by atoms with E-state index in [2.05, 4.69) is 22.6 Å². The highest BCUT2D eigenvalue weighted by Gasteiger charge is 2.04. The van der Waals surface area contributed by atoms with Gasteiger partial charge in [0.15, 0.2) is 0 Å². The van der Waals surface area contributed by atoms with Gasteiger partial charge >= 0.3 is 5.97 Å². The van der Waals surface area contributed by atoms with Gasteiger partial charge in [-0.1, -0.05) is 40.8 Å². The van der Waals surface area contributed by atoms with Crippen molar-refractivity contribution in [3.63, 3.8) is 0 Å². The lowest BCUT2D eigenvalue weighted by atomic mass is 10.2. The van der Waals surface area contributed by atoms with Gasteiger partial charge in [-0.25, -0.2) is 4.79 Å². The van der Waals surface area contributed by atoms with Crippen molar-refractivity contribution in [1.82, 2.24) is 0 Å². The zero-order chi connectivity index (χ0) is 13.1. The maximum atomic E-state index is 11.5. The second-order valence-corrected chi connectivity index (χ2v) is 4.49. The summed E-state index contributed by atoms with van der Waals surface area (Å²) in [6.45, 7) is 2.51. The first kappa shape index (κ1) is 15.4. The molecule has 0 aliphatic rings. The summed E-state index contributed by atoms with van der Waals surface area (Å²) >= 11 is 2.25. The third-order valence-corrected chi connectivity index (χ3v) is 2.50. The summed E-state index contributed by atoms with van der Waals surface area (Å²) in [6, 6.07) is 8.91. The predicted molar refractivity (Wildman–Crippen MR) is 77.2 cm³/mol. The molecule has 0 saturated carbocycles. The Labute approximate surface area is 121 Å². The van der Waals surface area contributed by atoms with Crippen molar-refractivity contribution in [2.24, 2.45) is 0 Å². The topological polar surface area (TPSA) is 44.8 Å². The molecule has 0 amide bonds. The molecule has 18 heavy (non-hydrogen) atoms. The van der Waals surface area contributed by atoms with E-state index >= 15 is 0 Å². The van der Waals surface area contributed by atoms with Gasteiger partial charge in [0.05, 0.1) is 32.0 Å². The molecule has 1 rings (SSSR count). The van der Waals surface area contributed by atoms with Gasteiger partial charge in [-0.05, 0) is 12.1 Å². The first-order valence-corrected chi connectivity index (χ1v) is 7.31. The number of rotatable bonds is 9. The molecule has 0 unspecified atom stereocenters. The van der Waals surface area contributed by atoms with Gasteiger partial charge in [0.2, 0.25) is 0 Å². The summed E-state index contributed by atoms with van der Waals surface area (Å²) in [5.74, 6) is -0.319. The van der Waals surface area contributed by atoms with Crippen LogP contribution in [0.5, 0.6) is 0 Å². The van der Waals surface area contributed by atoms with Gasteiger partial charge in [-0.15, -0.1) is 0 Å². The molecule has 0 atom stereocenters. The minimum atomic E-state index is -0.319. The second kappa shape index (κ2) is 10.3. The van der Waals surface area contributed by atoms with E-state index in [0.29, 0.717) is 25.4 Å². The molecule has 0 bridgehead atoms. The van der Waals surface area contributed by atoms with E-state index in [9.17, 15) is 4.79 Å². The minimum Gasteiger partial charge on any atom is -0.460 e. The monoisotopic (exact) mass is 364 g/mol. The van der Waals surface area contributed by atoms with E-state index in [1.807, 2.05) is 6.07 Å².